The van der Waals surface area contributed by atoms with Crippen LogP contribution in [0.1, 0.15) is 0 Å². The summed E-state index contributed by atoms with van der Waals surface area (Å²) in [5, 5.41) is 0. The second kappa shape index (κ2) is 10.4. The van der Waals surface area contributed by atoms with Gasteiger partial charge in [0.05, 0.1) is 0 Å². The minimum Gasteiger partial charge on any atom is -0.405 e. The average molecular weight is 175 g/mol. The fraction of sp³-hybridized carbons (Fsp3) is 0. The number of halogens is 1. The molecule has 6 heteroatoms. The van der Waals surface area contributed by atoms with Crippen molar-refractivity contribution in [2.75, 3.05) is 0 Å². The number of hydrogen-bond donors (Lipinski definition) is 0. The van der Waals surface area contributed by atoms with E-state index in [1.807, 2.05) is 0 Å². The summed E-state index contributed by atoms with van der Waals surface area (Å²) in [5.41, 5.74) is 0. The van der Waals surface area contributed by atoms with Gasteiger partial charge in [0.2, 0.25) is 14.8 Å². The topological polar surface area (TPSA) is 69.2 Å². The van der Waals surface area contributed by atoms with Gasteiger partial charge in [-0.3, -0.25) is 0 Å². The third-order valence-electron chi connectivity index (χ3n) is 0. The summed E-state index contributed by atoms with van der Waals surface area (Å²) in [5.74, 6) is 0. The molecule has 0 atom stereocenters. The smallest absolute Gasteiger partial charge is 0.216 e. The fourth-order valence-electron chi connectivity index (χ4n) is 0. The van der Waals surface area contributed by atoms with Crippen LogP contribution in [0.2, 0.25) is 0 Å². The van der Waals surface area contributed by atoms with Crippen LogP contribution in [0.4, 0.5) is 0 Å². The Morgan fingerprint density at radius 2 is 1.00 bits per heavy atom. The maximum Gasteiger partial charge on any atom is 0.216 e. The van der Waals surface area contributed by atoms with Crippen LogP contribution in [0.25, 0.3) is 0 Å². The van der Waals surface area contributed by atoms with E-state index >= 15 is 0 Å². The molecular formula is HBrNa2O3. The summed E-state index contributed by atoms with van der Waals surface area (Å²) < 4.78 is 25.6. The van der Waals surface area contributed by atoms with Crippen molar-refractivity contribution in [3.05, 3.63) is 0 Å². The summed E-state index contributed by atoms with van der Waals surface area (Å²) >= 11 is -3.65. The second-order valence-corrected chi connectivity index (χ2v) is 0.982. The van der Waals surface area contributed by atoms with Crippen molar-refractivity contribution in [2.24, 2.45) is 0 Å². The van der Waals surface area contributed by atoms with Crippen molar-refractivity contribution < 1.29 is 57.0 Å². The van der Waals surface area contributed by atoms with Gasteiger partial charge >= 0.3 is 59.1 Å². The first-order chi connectivity index (χ1) is 1.73. The molecule has 0 radical (unpaired) electrons. The predicted octanol–water partition coefficient (Wildman–Crippen LogP) is -7.21. The molecule has 6 heavy (non-hydrogen) atoms. The van der Waals surface area contributed by atoms with Gasteiger partial charge in [0.25, 0.3) is 0 Å². The molecule has 0 rings (SSSR count). The van der Waals surface area contributed by atoms with E-state index in [-0.39, 0.29) is 59.1 Å². The normalized spacial score (nSPS) is 6.00. The molecule has 0 aromatic rings. The molecule has 0 N–H and O–H groups in total. The van der Waals surface area contributed by atoms with Crippen molar-refractivity contribution in [1.29, 1.82) is 0 Å². The summed E-state index contributed by atoms with van der Waals surface area (Å²) in [6.45, 7) is 0. The van der Waals surface area contributed by atoms with E-state index in [4.69, 9.17) is 12.6 Å². The van der Waals surface area contributed by atoms with Gasteiger partial charge in [0.15, 0.2) is 0 Å². The molecule has 0 unspecified atom stereocenters. The second-order valence-electron chi connectivity index (χ2n) is 0.189. The Labute approximate surface area is 85.1 Å². The first kappa shape index (κ1) is 15.8. The van der Waals surface area contributed by atoms with Crippen LogP contribution in [0, 0.1) is 14.8 Å². The Morgan fingerprint density at radius 1 is 1.00 bits per heavy atom. The van der Waals surface area contributed by atoms with E-state index in [9.17, 15) is 0 Å². The first-order valence-corrected chi connectivity index (χ1v) is 2.41. The molecule has 0 aromatic carbocycles. The standard InChI is InChI=1S/BrO3.2Na.H/c2-1(3)4;;;/q-1;;+1;. The van der Waals surface area contributed by atoms with E-state index in [1.54, 1.807) is 0 Å². The molecule has 0 aliphatic rings. The summed E-state index contributed by atoms with van der Waals surface area (Å²) in [6.07, 6.45) is 0. The van der Waals surface area contributed by atoms with Gasteiger partial charge in [0.1, 0.15) is 0 Å². The summed E-state index contributed by atoms with van der Waals surface area (Å²) in [7, 11) is 0. The van der Waals surface area contributed by atoms with Gasteiger partial charge in [-0.1, -0.05) is 0 Å². The molecule has 0 saturated carbocycles. The Hall–Kier alpha value is 2.36. The van der Waals surface area contributed by atoms with Gasteiger partial charge in [-0.05, 0) is 0 Å². The SMILES string of the molecule is [Na+].[NaH].[O-][Br+2]([O-])[O-]. The Kier molecular flexibility index (Phi) is 27.2. The monoisotopic (exact) mass is 174 g/mol. The largest absolute Gasteiger partial charge is 0.405 e. The van der Waals surface area contributed by atoms with Gasteiger partial charge in [-0.25, -0.2) is 0 Å². The molecule has 0 aliphatic heterocycles. The maximum atomic E-state index is 8.52. The zero-order valence-corrected chi connectivity index (χ0v) is 6.19. The van der Waals surface area contributed by atoms with E-state index in [0.29, 0.717) is 0 Å². The molecule has 0 aromatic heterocycles. The predicted molar refractivity (Wildman–Crippen MR) is 7.15 cm³/mol. The molecular weight excluding hydrogens is 174 g/mol. The minimum absolute atomic E-state index is 0. The molecule has 0 amide bonds. The average Bonchev–Trinajstić information content (AvgIpc) is 0.811. The van der Waals surface area contributed by atoms with Crippen LogP contribution in [0.15, 0.2) is 0 Å². The van der Waals surface area contributed by atoms with Crippen molar-refractivity contribution in [3.63, 3.8) is 0 Å². The minimum atomic E-state index is -3.65. The van der Waals surface area contributed by atoms with Gasteiger partial charge in [-0.15, -0.1) is 0 Å². The first-order valence-electron chi connectivity index (χ1n) is 0.463. The third-order valence-corrected chi connectivity index (χ3v) is 0. The molecule has 0 bridgehead atoms. The Balaban J connectivity index is -0.0000000450. The van der Waals surface area contributed by atoms with Crippen LogP contribution in [-0.2, 0) is 0 Å². The van der Waals surface area contributed by atoms with Gasteiger partial charge in [0, 0.05) is 0 Å². The van der Waals surface area contributed by atoms with E-state index in [0.717, 1.165) is 0 Å². The summed E-state index contributed by atoms with van der Waals surface area (Å²) in [6, 6.07) is 0. The number of hydrogen-bond acceptors (Lipinski definition) is 3. The van der Waals surface area contributed by atoms with Crippen LogP contribution < -0.4 is 42.2 Å². The van der Waals surface area contributed by atoms with Crippen molar-refractivity contribution in [1.82, 2.24) is 0 Å². The zero-order valence-electron chi connectivity index (χ0n) is 2.60. The molecule has 0 heterocycles. The molecule has 0 fully saturated rings. The molecule has 0 saturated heterocycles. The molecule has 0 aliphatic carbocycles. The maximum absolute atomic E-state index is 8.52. The third kappa shape index (κ3) is 32.8. The summed E-state index contributed by atoms with van der Waals surface area (Å²) in [4.78, 5) is 0. The van der Waals surface area contributed by atoms with Crippen molar-refractivity contribution in [2.45, 2.75) is 0 Å². The Bertz CT molecular complexity index is 13.5. The van der Waals surface area contributed by atoms with Gasteiger partial charge in [-0.2, -0.15) is 0 Å². The molecule has 28 valence electrons. The van der Waals surface area contributed by atoms with Crippen LogP contribution in [0.5, 0.6) is 0 Å². The van der Waals surface area contributed by atoms with Crippen LogP contribution in [0.3, 0.4) is 0 Å². The molecule has 0 spiro atoms. The van der Waals surface area contributed by atoms with Crippen molar-refractivity contribution >= 4 is 29.6 Å². The van der Waals surface area contributed by atoms with E-state index in [1.165, 1.54) is 0 Å². The van der Waals surface area contributed by atoms with E-state index < -0.39 is 14.8 Å². The number of rotatable bonds is 0. The zero-order chi connectivity index (χ0) is 3.58. The van der Waals surface area contributed by atoms with Crippen LogP contribution in [-0.4, -0.2) is 29.6 Å². The molecule has 3 nitrogen and oxygen atoms in total. The van der Waals surface area contributed by atoms with Crippen molar-refractivity contribution in [3.8, 4) is 0 Å². The van der Waals surface area contributed by atoms with Gasteiger partial charge < -0.3 is 12.6 Å². The Morgan fingerprint density at radius 3 is 1.00 bits per heavy atom. The quantitative estimate of drug-likeness (QED) is 0.343. The van der Waals surface area contributed by atoms with E-state index in [2.05, 4.69) is 0 Å². The fourth-order valence-corrected chi connectivity index (χ4v) is 0. The van der Waals surface area contributed by atoms with Crippen LogP contribution >= 0.6 is 0 Å².